The molecule has 0 radical (unpaired) electrons. The summed E-state index contributed by atoms with van der Waals surface area (Å²) in [6.45, 7) is 1.85. The van der Waals surface area contributed by atoms with E-state index in [0.717, 1.165) is 24.0 Å². The highest BCUT2D eigenvalue weighted by molar-refractivity contribution is 9.10. The van der Waals surface area contributed by atoms with Crippen molar-refractivity contribution in [1.29, 1.82) is 0 Å². The first-order chi connectivity index (χ1) is 10.1. The summed E-state index contributed by atoms with van der Waals surface area (Å²) in [5.74, 6) is 0.433. The summed E-state index contributed by atoms with van der Waals surface area (Å²) in [6.07, 6.45) is 4.30. The third-order valence-electron chi connectivity index (χ3n) is 3.74. The smallest absolute Gasteiger partial charge is 0.293 e. The molecule has 1 aliphatic rings. The maximum atomic E-state index is 12.0. The number of hydrogen-bond donors (Lipinski definition) is 1. The Hall–Kier alpha value is -1.82. The molecule has 1 aromatic carbocycles. The van der Waals surface area contributed by atoms with Crippen LogP contribution in [0.5, 0.6) is 0 Å². The highest BCUT2D eigenvalue weighted by Crippen LogP contribution is 2.23. The average molecular weight is 349 g/mol. The third kappa shape index (κ3) is 3.10. The number of benzene rings is 1. The molecule has 1 unspecified atom stereocenters. The van der Waals surface area contributed by atoms with E-state index in [4.69, 9.17) is 0 Å². The van der Waals surface area contributed by atoms with Gasteiger partial charge in [0.1, 0.15) is 0 Å². The molecular weight excluding hydrogens is 332 g/mol. The van der Waals surface area contributed by atoms with Gasteiger partial charge in [0.05, 0.1) is 0 Å². The van der Waals surface area contributed by atoms with Gasteiger partial charge < -0.3 is 14.8 Å². The Labute approximate surface area is 131 Å². The van der Waals surface area contributed by atoms with Gasteiger partial charge in [-0.05, 0) is 30.7 Å². The van der Waals surface area contributed by atoms with Crippen molar-refractivity contribution in [3.05, 3.63) is 51.5 Å². The third-order valence-corrected chi connectivity index (χ3v) is 4.27. The van der Waals surface area contributed by atoms with Crippen LogP contribution in [0.4, 0.5) is 11.5 Å². The first kappa shape index (κ1) is 14.1. The zero-order chi connectivity index (χ0) is 14.8. The maximum Gasteiger partial charge on any atom is 0.293 e. The average Bonchev–Trinajstić information content (AvgIpc) is 2.93. The number of aryl methyl sites for hydroxylation is 1. The van der Waals surface area contributed by atoms with Crippen LogP contribution >= 0.6 is 15.9 Å². The van der Waals surface area contributed by atoms with Crippen molar-refractivity contribution in [2.45, 2.75) is 12.5 Å². The van der Waals surface area contributed by atoms with Crippen LogP contribution in [-0.2, 0) is 7.05 Å². The summed E-state index contributed by atoms with van der Waals surface area (Å²) in [7, 11) is 1.73. The molecule has 0 amide bonds. The minimum atomic E-state index is -0.0837. The second-order valence-corrected chi connectivity index (χ2v) is 6.16. The SMILES string of the molecule is Cn1ccnc(NC2CCN(c3ccc(Br)cc3)C2)c1=O. The van der Waals surface area contributed by atoms with Gasteiger partial charge in [0.25, 0.3) is 5.56 Å². The van der Waals surface area contributed by atoms with Crippen molar-refractivity contribution < 1.29 is 0 Å². The fraction of sp³-hybridized carbons (Fsp3) is 0.333. The lowest BCUT2D eigenvalue weighted by Gasteiger charge is -2.19. The van der Waals surface area contributed by atoms with Crippen molar-refractivity contribution in [3.8, 4) is 0 Å². The lowest BCUT2D eigenvalue weighted by molar-refractivity contribution is 0.778. The molecule has 3 rings (SSSR count). The predicted molar refractivity (Wildman–Crippen MR) is 87.9 cm³/mol. The molecule has 21 heavy (non-hydrogen) atoms. The lowest BCUT2D eigenvalue weighted by Crippen LogP contribution is -2.30. The van der Waals surface area contributed by atoms with E-state index < -0.39 is 0 Å². The van der Waals surface area contributed by atoms with Gasteiger partial charge in [-0.2, -0.15) is 0 Å². The Balaban J connectivity index is 1.68. The normalized spacial score (nSPS) is 18.0. The van der Waals surface area contributed by atoms with Crippen LogP contribution in [0.3, 0.4) is 0 Å². The standard InChI is InChI=1S/C15H17BrN4O/c1-19-9-7-17-14(15(19)21)18-12-6-8-20(10-12)13-4-2-11(16)3-5-13/h2-5,7,9,12H,6,8,10H2,1H3,(H,17,18). The van der Waals surface area contributed by atoms with Crippen molar-refractivity contribution in [2.24, 2.45) is 7.05 Å². The molecular formula is C15H17BrN4O. The highest BCUT2D eigenvalue weighted by Gasteiger charge is 2.23. The van der Waals surface area contributed by atoms with Gasteiger partial charge in [-0.25, -0.2) is 4.98 Å². The van der Waals surface area contributed by atoms with Gasteiger partial charge >= 0.3 is 0 Å². The summed E-state index contributed by atoms with van der Waals surface area (Å²) >= 11 is 3.45. The van der Waals surface area contributed by atoms with Crippen molar-refractivity contribution >= 4 is 27.4 Å². The number of nitrogens with zero attached hydrogens (tertiary/aromatic N) is 3. The number of anilines is 2. The molecule has 0 aliphatic carbocycles. The topological polar surface area (TPSA) is 50.2 Å². The van der Waals surface area contributed by atoms with Gasteiger partial charge in [0.2, 0.25) is 0 Å². The lowest BCUT2D eigenvalue weighted by atomic mass is 10.2. The summed E-state index contributed by atoms with van der Waals surface area (Å²) in [5.41, 5.74) is 1.12. The fourth-order valence-corrected chi connectivity index (χ4v) is 2.82. The molecule has 6 heteroatoms. The molecule has 1 saturated heterocycles. The Morgan fingerprint density at radius 2 is 2.10 bits per heavy atom. The van der Waals surface area contributed by atoms with Gasteiger partial charge in [0, 0.05) is 48.7 Å². The number of rotatable bonds is 3. The zero-order valence-corrected chi connectivity index (χ0v) is 13.4. The zero-order valence-electron chi connectivity index (χ0n) is 11.8. The number of nitrogens with one attached hydrogen (secondary N) is 1. The molecule has 2 aromatic rings. The van der Waals surface area contributed by atoms with Crippen molar-refractivity contribution in [3.63, 3.8) is 0 Å². The number of aromatic nitrogens is 2. The summed E-state index contributed by atoms with van der Waals surface area (Å²) in [4.78, 5) is 18.4. The van der Waals surface area contributed by atoms with Crippen LogP contribution in [0.1, 0.15) is 6.42 Å². The molecule has 0 saturated carbocycles. The summed E-state index contributed by atoms with van der Waals surface area (Å²) in [6, 6.07) is 8.55. The minimum Gasteiger partial charge on any atom is -0.369 e. The predicted octanol–water partition coefficient (Wildman–Crippen LogP) is 2.23. The second-order valence-electron chi connectivity index (χ2n) is 5.24. The highest BCUT2D eigenvalue weighted by atomic mass is 79.9. The molecule has 1 N–H and O–H groups in total. The van der Waals surface area contributed by atoms with Crippen molar-refractivity contribution in [2.75, 3.05) is 23.3 Å². The largest absolute Gasteiger partial charge is 0.369 e. The minimum absolute atomic E-state index is 0.0837. The van der Waals surface area contributed by atoms with Crippen LogP contribution < -0.4 is 15.8 Å². The van der Waals surface area contributed by atoms with E-state index in [1.165, 1.54) is 10.3 Å². The Bertz CT molecular complexity index is 683. The molecule has 1 atom stereocenters. The van der Waals surface area contributed by atoms with Gasteiger partial charge in [-0.15, -0.1) is 0 Å². The van der Waals surface area contributed by atoms with E-state index in [9.17, 15) is 4.79 Å². The molecule has 2 heterocycles. The van der Waals surface area contributed by atoms with E-state index in [2.05, 4.69) is 43.3 Å². The molecule has 1 aliphatic heterocycles. The summed E-state index contributed by atoms with van der Waals surface area (Å²) < 4.78 is 2.62. The van der Waals surface area contributed by atoms with Gasteiger partial charge in [-0.3, -0.25) is 4.79 Å². The second kappa shape index (κ2) is 5.89. The van der Waals surface area contributed by atoms with E-state index in [1.54, 1.807) is 19.4 Å². The molecule has 1 aromatic heterocycles. The van der Waals surface area contributed by atoms with Crippen LogP contribution in [0.15, 0.2) is 45.9 Å². The monoisotopic (exact) mass is 348 g/mol. The van der Waals surface area contributed by atoms with E-state index in [0.29, 0.717) is 5.82 Å². The van der Waals surface area contributed by atoms with Gasteiger partial charge in [0.15, 0.2) is 5.82 Å². The molecule has 110 valence electrons. The Morgan fingerprint density at radius 1 is 1.33 bits per heavy atom. The quantitative estimate of drug-likeness (QED) is 0.923. The Morgan fingerprint density at radius 3 is 2.86 bits per heavy atom. The number of halogens is 1. The molecule has 5 nitrogen and oxygen atoms in total. The van der Waals surface area contributed by atoms with Crippen LogP contribution in [-0.4, -0.2) is 28.7 Å². The molecule has 0 bridgehead atoms. The van der Waals surface area contributed by atoms with Gasteiger partial charge in [-0.1, -0.05) is 15.9 Å². The van der Waals surface area contributed by atoms with Crippen LogP contribution in [0.25, 0.3) is 0 Å². The van der Waals surface area contributed by atoms with E-state index >= 15 is 0 Å². The molecule has 1 fully saturated rings. The first-order valence-electron chi connectivity index (χ1n) is 6.92. The van der Waals surface area contributed by atoms with E-state index in [-0.39, 0.29) is 11.6 Å². The maximum absolute atomic E-state index is 12.0. The summed E-state index contributed by atoms with van der Waals surface area (Å²) in [5, 5.41) is 3.27. The Kier molecular flexibility index (Phi) is 3.96. The van der Waals surface area contributed by atoms with E-state index in [1.807, 2.05) is 12.1 Å². The first-order valence-corrected chi connectivity index (χ1v) is 7.71. The van der Waals surface area contributed by atoms with Crippen molar-refractivity contribution in [1.82, 2.24) is 9.55 Å². The number of hydrogen-bond acceptors (Lipinski definition) is 4. The molecule has 0 spiro atoms. The van der Waals surface area contributed by atoms with Crippen LogP contribution in [0, 0.1) is 0 Å². The fourth-order valence-electron chi connectivity index (χ4n) is 2.55. The van der Waals surface area contributed by atoms with Crippen LogP contribution in [0.2, 0.25) is 0 Å².